The fourth-order valence-corrected chi connectivity index (χ4v) is 2.23. The summed E-state index contributed by atoms with van der Waals surface area (Å²) < 4.78 is 5.62. The minimum absolute atomic E-state index is 0.383. The average Bonchev–Trinajstić information content (AvgIpc) is 2.50. The largest absolute Gasteiger partial charge is 0.494 e. The molecule has 0 aliphatic heterocycles. The number of rotatable bonds is 12. The van der Waals surface area contributed by atoms with Crippen molar-refractivity contribution in [1.29, 1.82) is 0 Å². The van der Waals surface area contributed by atoms with Crippen LogP contribution in [0, 0.1) is 0 Å². The summed E-state index contributed by atoms with van der Waals surface area (Å²) in [5.74, 6) is -0.770. The molecule has 1 aromatic rings. The van der Waals surface area contributed by atoms with Gasteiger partial charge in [-0.3, -0.25) is 9.59 Å². The number of ether oxygens (including phenoxy) is 1. The Bertz CT molecular complexity index is 451. The van der Waals surface area contributed by atoms with Gasteiger partial charge < -0.3 is 9.84 Å². The molecule has 0 radical (unpaired) electrons. The number of hydrogen-bond acceptors (Lipinski definition) is 3. The zero-order valence-corrected chi connectivity index (χ0v) is 13.3. The van der Waals surface area contributed by atoms with E-state index in [2.05, 4.69) is 6.92 Å². The number of benzene rings is 1. The molecule has 4 nitrogen and oxygen atoms in total. The van der Waals surface area contributed by atoms with E-state index < -0.39 is 12.4 Å². The third-order valence-corrected chi connectivity index (χ3v) is 3.50. The summed E-state index contributed by atoms with van der Waals surface area (Å²) in [4.78, 5) is 22.0. The van der Waals surface area contributed by atoms with Gasteiger partial charge in [0.15, 0.2) is 5.78 Å². The Kier molecular flexibility index (Phi) is 8.96. The number of unbranched alkanes of at least 4 members (excludes halogenated alkanes) is 6. The second kappa shape index (κ2) is 10.8. The molecule has 122 valence electrons. The van der Waals surface area contributed by atoms with Crippen LogP contribution in [0.4, 0.5) is 0 Å². The summed E-state index contributed by atoms with van der Waals surface area (Å²) in [5.41, 5.74) is 0.408. The summed E-state index contributed by atoms with van der Waals surface area (Å²) in [6.45, 7) is 2.89. The van der Waals surface area contributed by atoms with Gasteiger partial charge in [0.25, 0.3) is 0 Å². The molecule has 0 amide bonds. The van der Waals surface area contributed by atoms with Gasteiger partial charge in [-0.25, -0.2) is 0 Å². The highest BCUT2D eigenvalue weighted by Gasteiger charge is 2.10. The first kappa shape index (κ1) is 18.2. The first-order valence-corrected chi connectivity index (χ1v) is 8.11. The Labute approximate surface area is 132 Å². The first-order valence-electron chi connectivity index (χ1n) is 8.11. The number of carboxylic acid groups (broad SMARTS) is 1. The molecular weight excluding hydrogens is 280 g/mol. The average molecular weight is 306 g/mol. The highest BCUT2D eigenvalue weighted by Crippen LogP contribution is 2.14. The molecule has 0 aliphatic rings. The van der Waals surface area contributed by atoms with Crippen LogP contribution in [-0.4, -0.2) is 23.5 Å². The molecule has 1 rings (SSSR count). The fourth-order valence-electron chi connectivity index (χ4n) is 2.23. The van der Waals surface area contributed by atoms with Crippen LogP contribution in [0.3, 0.4) is 0 Å². The van der Waals surface area contributed by atoms with E-state index in [-0.39, 0.29) is 5.78 Å². The molecule has 0 atom stereocenters. The van der Waals surface area contributed by atoms with Crippen LogP contribution in [0.5, 0.6) is 5.75 Å². The molecule has 1 aromatic carbocycles. The van der Waals surface area contributed by atoms with Crippen molar-refractivity contribution < 1.29 is 19.4 Å². The van der Waals surface area contributed by atoms with Gasteiger partial charge in [0.05, 0.1) is 6.61 Å². The summed E-state index contributed by atoms with van der Waals surface area (Å²) in [6.07, 6.45) is 8.21. The standard InChI is InChI=1S/C18H26O4/c1-2-3-4-5-6-7-8-13-22-16-11-9-15(10-12-16)17(19)14-18(20)21/h9-12H,2-8,13-14H2,1H3,(H,20,21). The van der Waals surface area contributed by atoms with E-state index in [9.17, 15) is 9.59 Å². The summed E-state index contributed by atoms with van der Waals surface area (Å²) in [6, 6.07) is 6.67. The second-order valence-corrected chi connectivity index (χ2v) is 5.49. The van der Waals surface area contributed by atoms with Crippen LogP contribution in [0.2, 0.25) is 0 Å². The van der Waals surface area contributed by atoms with Crippen molar-refractivity contribution in [3.8, 4) is 5.75 Å². The Morgan fingerprint density at radius 3 is 2.14 bits per heavy atom. The lowest BCUT2D eigenvalue weighted by molar-refractivity contribution is -0.135. The smallest absolute Gasteiger partial charge is 0.311 e. The maximum atomic E-state index is 11.6. The summed E-state index contributed by atoms with van der Waals surface area (Å²) in [5, 5.41) is 8.59. The Morgan fingerprint density at radius 1 is 0.955 bits per heavy atom. The van der Waals surface area contributed by atoms with Crippen molar-refractivity contribution in [3.63, 3.8) is 0 Å². The minimum atomic E-state index is -1.11. The van der Waals surface area contributed by atoms with Crippen LogP contribution in [0.1, 0.15) is 68.6 Å². The normalized spacial score (nSPS) is 10.4. The molecule has 0 spiro atoms. The third kappa shape index (κ3) is 7.81. The van der Waals surface area contributed by atoms with E-state index in [1.807, 2.05) is 0 Å². The summed E-state index contributed by atoms with van der Waals surface area (Å²) >= 11 is 0. The predicted octanol–water partition coefficient (Wildman–Crippen LogP) is 4.47. The molecule has 0 heterocycles. The number of carboxylic acids is 1. The van der Waals surface area contributed by atoms with Crippen molar-refractivity contribution in [1.82, 2.24) is 0 Å². The number of Topliss-reactive ketones (excluding diaryl/α,β-unsaturated/α-hetero) is 1. The van der Waals surface area contributed by atoms with Crippen LogP contribution in [0.25, 0.3) is 0 Å². The van der Waals surface area contributed by atoms with Gasteiger partial charge in [-0.05, 0) is 30.7 Å². The Hall–Kier alpha value is -1.84. The highest BCUT2D eigenvalue weighted by atomic mass is 16.5. The molecule has 22 heavy (non-hydrogen) atoms. The van der Waals surface area contributed by atoms with Crippen molar-refractivity contribution in [2.75, 3.05) is 6.61 Å². The highest BCUT2D eigenvalue weighted by molar-refractivity contribution is 6.05. The zero-order chi connectivity index (χ0) is 16.2. The van der Waals surface area contributed by atoms with Crippen LogP contribution in [0.15, 0.2) is 24.3 Å². The van der Waals surface area contributed by atoms with Crippen molar-refractivity contribution in [3.05, 3.63) is 29.8 Å². The lowest BCUT2D eigenvalue weighted by atomic mass is 10.1. The number of hydrogen-bond donors (Lipinski definition) is 1. The molecule has 0 aliphatic carbocycles. The van der Waals surface area contributed by atoms with E-state index in [1.165, 1.54) is 38.5 Å². The van der Waals surface area contributed by atoms with Gasteiger partial charge in [0.1, 0.15) is 12.2 Å². The second-order valence-electron chi connectivity index (χ2n) is 5.49. The van der Waals surface area contributed by atoms with Crippen molar-refractivity contribution in [2.24, 2.45) is 0 Å². The molecule has 0 saturated heterocycles. The molecule has 0 unspecified atom stereocenters. The molecule has 0 bridgehead atoms. The maximum Gasteiger partial charge on any atom is 0.311 e. The van der Waals surface area contributed by atoms with Crippen molar-refractivity contribution in [2.45, 2.75) is 58.3 Å². The zero-order valence-electron chi connectivity index (χ0n) is 13.3. The molecule has 4 heteroatoms. The Balaban J connectivity index is 2.19. The van der Waals surface area contributed by atoms with Crippen LogP contribution in [-0.2, 0) is 4.79 Å². The van der Waals surface area contributed by atoms with Crippen LogP contribution >= 0.6 is 0 Å². The number of carbonyl (C=O) groups excluding carboxylic acids is 1. The topological polar surface area (TPSA) is 63.6 Å². The number of ketones is 1. The predicted molar refractivity (Wildman–Crippen MR) is 86.5 cm³/mol. The van der Waals surface area contributed by atoms with Gasteiger partial charge in [0, 0.05) is 5.56 Å². The van der Waals surface area contributed by atoms with E-state index in [0.717, 1.165) is 12.2 Å². The van der Waals surface area contributed by atoms with E-state index in [4.69, 9.17) is 9.84 Å². The number of carbonyl (C=O) groups is 2. The van der Waals surface area contributed by atoms with Crippen LogP contribution < -0.4 is 4.74 Å². The quantitative estimate of drug-likeness (QED) is 0.351. The lowest BCUT2D eigenvalue weighted by Crippen LogP contribution is -2.06. The SMILES string of the molecule is CCCCCCCCCOc1ccc(C(=O)CC(=O)O)cc1. The molecule has 0 fully saturated rings. The minimum Gasteiger partial charge on any atom is -0.494 e. The molecule has 0 aromatic heterocycles. The van der Waals surface area contributed by atoms with Gasteiger partial charge in [-0.1, -0.05) is 45.4 Å². The van der Waals surface area contributed by atoms with Gasteiger partial charge >= 0.3 is 5.97 Å². The van der Waals surface area contributed by atoms with E-state index in [0.29, 0.717) is 12.2 Å². The molecular formula is C18H26O4. The Morgan fingerprint density at radius 2 is 1.55 bits per heavy atom. The molecule has 1 N–H and O–H groups in total. The van der Waals surface area contributed by atoms with Gasteiger partial charge in [0.2, 0.25) is 0 Å². The molecule has 0 saturated carbocycles. The van der Waals surface area contributed by atoms with E-state index >= 15 is 0 Å². The van der Waals surface area contributed by atoms with E-state index in [1.54, 1.807) is 24.3 Å². The van der Waals surface area contributed by atoms with Gasteiger partial charge in [-0.2, -0.15) is 0 Å². The number of aliphatic carboxylic acids is 1. The summed E-state index contributed by atoms with van der Waals surface area (Å²) in [7, 11) is 0. The monoisotopic (exact) mass is 306 g/mol. The lowest BCUT2D eigenvalue weighted by Gasteiger charge is -2.07. The van der Waals surface area contributed by atoms with Gasteiger partial charge in [-0.15, -0.1) is 0 Å². The van der Waals surface area contributed by atoms with Crippen molar-refractivity contribution >= 4 is 11.8 Å². The fraction of sp³-hybridized carbons (Fsp3) is 0.556. The maximum absolute atomic E-state index is 11.6. The first-order chi connectivity index (χ1) is 10.6. The third-order valence-electron chi connectivity index (χ3n) is 3.50.